The highest BCUT2D eigenvalue weighted by Crippen LogP contribution is 2.58. The van der Waals surface area contributed by atoms with Crippen molar-refractivity contribution in [3.05, 3.63) is 72.8 Å². The number of aromatic hydroxyl groups is 1. The van der Waals surface area contributed by atoms with Gasteiger partial charge >= 0.3 is 0 Å². The summed E-state index contributed by atoms with van der Waals surface area (Å²) in [4.78, 5) is 0. The SMILES string of the molecule is C=CCc1ccc(Oc2cc(CC=C)cc(O[C@@]3(C)CCC[C@@]4(C)CC[C@@H](C(C)(C)O)C[C@@H]43)c2O)cc1. The van der Waals surface area contributed by atoms with E-state index in [0.29, 0.717) is 23.7 Å². The molecule has 0 spiro atoms. The van der Waals surface area contributed by atoms with Gasteiger partial charge in [0.15, 0.2) is 11.5 Å². The van der Waals surface area contributed by atoms with Gasteiger partial charge in [0.2, 0.25) is 5.75 Å². The van der Waals surface area contributed by atoms with E-state index in [1.807, 2.05) is 62.4 Å². The van der Waals surface area contributed by atoms with Crippen molar-refractivity contribution < 1.29 is 19.7 Å². The van der Waals surface area contributed by atoms with E-state index in [4.69, 9.17) is 9.47 Å². The lowest BCUT2D eigenvalue weighted by Gasteiger charge is -2.57. The lowest BCUT2D eigenvalue weighted by molar-refractivity contribution is -0.131. The first-order chi connectivity index (χ1) is 17.5. The summed E-state index contributed by atoms with van der Waals surface area (Å²) < 4.78 is 13.0. The highest BCUT2D eigenvalue weighted by atomic mass is 16.5. The van der Waals surface area contributed by atoms with Gasteiger partial charge in [-0.15, -0.1) is 13.2 Å². The van der Waals surface area contributed by atoms with Crippen LogP contribution >= 0.6 is 0 Å². The Balaban J connectivity index is 1.66. The van der Waals surface area contributed by atoms with Gasteiger partial charge in [-0.1, -0.05) is 31.2 Å². The maximum atomic E-state index is 11.3. The third-order valence-electron chi connectivity index (χ3n) is 8.94. The molecule has 2 aliphatic rings. The Morgan fingerprint density at radius 2 is 1.62 bits per heavy atom. The van der Waals surface area contributed by atoms with Gasteiger partial charge in [-0.25, -0.2) is 0 Å². The normalized spacial score (nSPS) is 27.7. The summed E-state index contributed by atoms with van der Waals surface area (Å²) in [7, 11) is 0. The summed E-state index contributed by atoms with van der Waals surface area (Å²) >= 11 is 0. The second-order valence-corrected chi connectivity index (χ2v) is 12.3. The van der Waals surface area contributed by atoms with E-state index >= 15 is 0 Å². The molecule has 2 aromatic rings. The molecule has 0 saturated heterocycles. The van der Waals surface area contributed by atoms with Crippen LogP contribution in [0.4, 0.5) is 0 Å². The summed E-state index contributed by atoms with van der Waals surface area (Å²) in [6, 6.07) is 11.6. The quantitative estimate of drug-likeness (QED) is 0.338. The van der Waals surface area contributed by atoms with Crippen molar-refractivity contribution in [3.8, 4) is 23.0 Å². The molecule has 200 valence electrons. The Kier molecular flexibility index (Phi) is 7.80. The minimum atomic E-state index is -0.714. The fraction of sp³-hybridized carbons (Fsp3) is 0.515. The molecule has 0 aromatic heterocycles. The smallest absolute Gasteiger partial charge is 0.201 e. The van der Waals surface area contributed by atoms with E-state index in [-0.39, 0.29) is 23.0 Å². The Labute approximate surface area is 223 Å². The standard InChI is InChI=1S/C33H44O4/c1-7-10-23-12-14-26(15-13-23)36-27-20-24(11-8-2)21-28(30(27)34)37-33(6)18-9-17-32(5)19-16-25(22-29(32)33)31(3,4)35/h7-8,12-15,20-21,25,29,34-35H,1-2,9-11,16-19,22H2,3-6H3/t25-,29+,32+,33+/m1/s1. The average molecular weight is 505 g/mol. The van der Waals surface area contributed by atoms with Crippen LogP contribution in [0.15, 0.2) is 61.7 Å². The number of hydrogen-bond donors (Lipinski definition) is 2. The van der Waals surface area contributed by atoms with Gasteiger partial charge in [0.05, 0.1) is 5.60 Å². The fourth-order valence-electron chi connectivity index (χ4n) is 6.75. The van der Waals surface area contributed by atoms with Crippen LogP contribution in [-0.4, -0.2) is 21.4 Å². The highest BCUT2D eigenvalue weighted by Gasteiger charge is 2.54. The number of allylic oxidation sites excluding steroid dienone is 2. The van der Waals surface area contributed by atoms with Gasteiger partial charge in [0, 0.05) is 5.92 Å². The molecule has 0 aliphatic heterocycles. The molecule has 0 radical (unpaired) electrons. The van der Waals surface area contributed by atoms with Crippen molar-refractivity contribution in [1.29, 1.82) is 0 Å². The van der Waals surface area contributed by atoms with Gasteiger partial charge in [-0.3, -0.25) is 0 Å². The topological polar surface area (TPSA) is 58.9 Å². The predicted molar refractivity (Wildman–Crippen MR) is 151 cm³/mol. The molecule has 0 heterocycles. The van der Waals surface area contributed by atoms with Crippen LogP contribution in [-0.2, 0) is 12.8 Å². The van der Waals surface area contributed by atoms with Crippen LogP contribution in [0.5, 0.6) is 23.0 Å². The molecule has 0 amide bonds. The van der Waals surface area contributed by atoms with Gasteiger partial charge < -0.3 is 19.7 Å². The largest absolute Gasteiger partial charge is 0.502 e. The van der Waals surface area contributed by atoms with E-state index < -0.39 is 11.2 Å². The van der Waals surface area contributed by atoms with Crippen LogP contribution in [0.3, 0.4) is 0 Å². The van der Waals surface area contributed by atoms with Crippen LogP contribution in [0.2, 0.25) is 0 Å². The lowest BCUT2D eigenvalue weighted by Crippen LogP contribution is -2.56. The number of phenols is 1. The number of aliphatic hydroxyl groups is 1. The third-order valence-corrected chi connectivity index (χ3v) is 8.94. The lowest BCUT2D eigenvalue weighted by atomic mass is 9.52. The Hall–Kier alpha value is -2.72. The molecule has 2 aliphatic carbocycles. The molecule has 2 fully saturated rings. The number of fused-ring (bicyclic) bond motifs is 1. The summed E-state index contributed by atoms with van der Waals surface area (Å²) in [6.45, 7) is 16.1. The molecule has 4 rings (SSSR count). The molecule has 2 saturated carbocycles. The Morgan fingerprint density at radius 3 is 2.27 bits per heavy atom. The van der Waals surface area contributed by atoms with Crippen molar-refractivity contribution in [2.45, 2.75) is 90.3 Å². The number of benzene rings is 2. The number of phenolic OH excluding ortho intramolecular Hbond substituents is 1. The van der Waals surface area contributed by atoms with Gasteiger partial charge in [-0.2, -0.15) is 0 Å². The van der Waals surface area contributed by atoms with E-state index in [2.05, 4.69) is 27.0 Å². The van der Waals surface area contributed by atoms with Crippen LogP contribution in [0.25, 0.3) is 0 Å². The van der Waals surface area contributed by atoms with Crippen LogP contribution in [0.1, 0.15) is 77.3 Å². The van der Waals surface area contributed by atoms with Gasteiger partial charge in [0.25, 0.3) is 0 Å². The Morgan fingerprint density at radius 1 is 0.973 bits per heavy atom. The van der Waals surface area contributed by atoms with E-state index in [9.17, 15) is 10.2 Å². The summed E-state index contributed by atoms with van der Waals surface area (Å²) in [5.41, 5.74) is 1.12. The zero-order valence-corrected chi connectivity index (χ0v) is 23.1. The molecule has 37 heavy (non-hydrogen) atoms. The zero-order valence-electron chi connectivity index (χ0n) is 23.1. The number of ether oxygens (including phenoxy) is 2. The van der Waals surface area contributed by atoms with Crippen molar-refractivity contribution in [2.75, 3.05) is 0 Å². The first-order valence-corrected chi connectivity index (χ1v) is 13.7. The molecule has 0 unspecified atom stereocenters. The van der Waals surface area contributed by atoms with Crippen LogP contribution in [0, 0.1) is 17.3 Å². The number of rotatable bonds is 9. The zero-order chi connectivity index (χ0) is 26.8. The predicted octanol–water partition coefficient (Wildman–Crippen LogP) is 8.16. The fourth-order valence-corrected chi connectivity index (χ4v) is 6.75. The number of hydrogen-bond acceptors (Lipinski definition) is 4. The molecular formula is C33H44O4. The molecular weight excluding hydrogens is 460 g/mol. The first-order valence-electron chi connectivity index (χ1n) is 13.7. The van der Waals surface area contributed by atoms with E-state index in [1.165, 1.54) is 6.42 Å². The average Bonchev–Trinajstić information content (AvgIpc) is 2.82. The van der Waals surface area contributed by atoms with E-state index in [1.54, 1.807) is 0 Å². The van der Waals surface area contributed by atoms with Crippen molar-refractivity contribution in [2.24, 2.45) is 17.3 Å². The summed E-state index contributed by atoms with van der Waals surface area (Å²) in [6.07, 6.45) is 11.4. The second kappa shape index (κ2) is 10.6. The second-order valence-electron chi connectivity index (χ2n) is 12.3. The molecule has 0 bridgehead atoms. The molecule has 4 atom stereocenters. The maximum Gasteiger partial charge on any atom is 0.201 e. The van der Waals surface area contributed by atoms with Crippen molar-refractivity contribution >= 4 is 0 Å². The van der Waals surface area contributed by atoms with Crippen molar-refractivity contribution in [3.63, 3.8) is 0 Å². The summed E-state index contributed by atoms with van der Waals surface area (Å²) in [5, 5.41) is 22.2. The first kappa shape index (κ1) is 27.3. The minimum absolute atomic E-state index is 0.0197. The summed E-state index contributed by atoms with van der Waals surface area (Å²) in [5.74, 6) is 2.02. The molecule has 4 nitrogen and oxygen atoms in total. The molecule has 2 N–H and O–H groups in total. The van der Waals surface area contributed by atoms with Gasteiger partial charge in [0.1, 0.15) is 11.4 Å². The van der Waals surface area contributed by atoms with Gasteiger partial charge in [-0.05, 0) is 119 Å². The van der Waals surface area contributed by atoms with Crippen LogP contribution < -0.4 is 9.47 Å². The monoisotopic (exact) mass is 504 g/mol. The highest BCUT2D eigenvalue weighted by molar-refractivity contribution is 5.55. The minimum Gasteiger partial charge on any atom is -0.502 e. The molecule has 2 aromatic carbocycles. The maximum absolute atomic E-state index is 11.3. The third kappa shape index (κ3) is 5.90. The Bertz CT molecular complexity index is 1110. The van der Waals surface area contributed by atoms with Crippen molar-refractivity contribution in [1.82, 2.24) is 0 Å². The van der Waals surface area contributed by atoms with E-state index in [0.717, 1.165) is 49.7 Å². The molecule has 4 heteroatoms.